The van der Waals surface area contributed by atoms with Crippen molar-refractivity contribution in [2.75, 3.05) is 5.75 Å². The van der Waals surface area contributed by atoms with E-state index in [-0.39, 0.29) is 0 Å². The highest BCUT2D eigenvalue weighted by atomic mass is 79.9. The molecule has 0 radical (unpaired) electrons. The topological polar surface area (TPSA) is 25.8 Å². The molecular weight excluding hydrogens is 364 g/mol. The third-order valence-electron chi connectivity index (χ3n) is 3.66. The van der Waals surface area contributed by atoms with Crippen molar-refractivity contribution >= 4 is 51.1 Å². The van der Waals surface area contributed by atoms with Crippen LogP contribution in [0.1, 0.15) is 49.4 Å². The second kappa shape index (κ2) is 5.74. The number of hydrogen-bond donors (Lipinski definition) is 0. The van der Waals surface area contributed by atoms with Gasteiger partial charge in [-0.3, -0.25) is 0 Å². The summed E-state index contributed by atoms with van der Waals surface area (Å²) in [5.41, 5.74) is 1.12. The number of thioether (sulfide) groups is 2. The summed E-state index contributed by atoms with van der Waals surface area (Å²) < 4.78 is 0.898. The molecule has 2 heterocycles. The SMILES string of the molecule is CC1SCC(c2nc(Cl)c(Br)c(C3CC3)n2)SC1C. The van der Waals surface area contributed by atoms with Gasteiger partial charge in [-0.2, -0.15) is 11.8 Å². The Kier molecular flexibility index (Phi) is 4.38. The van der Waals surface area contributed by atoms with Crippen LogP contribution >= 0.6 is 51.1 Å². The predicted octanol–water partition coefficient (Wildman–Crippen LogP) is 5.07. The summed E-state index contributed by atoms with van der Waals surface area (Å²) >= 11 is 13.8. The highest BCUT2D eigenvalue weighted by molar-refractivity contribution is 9.10. The second-order valence-electron chi connectivity index (χ2n) is 5.21. The lowest BCUT2D eigenvalue weighted by Gasteiger charge is -2.30. The van der Waals surface area contributed by atoms with E-state index in [0.29, 0.717) is 26.8 Å². The van der Waals surface area contributed by atoms with Gasteiger partial charge in [0.1, 0.15) is 11.0 Å². The van der Waals surface area contributed by atoms with Crippen molar-refractivity contribution in [2.45, 2.75) is 48.4 Å². The van der Waals surface area contributed by atoms with Crippen molar-refractivity contribution in [1.82, 2.24) is 9.97 Å². The standard InChI is InChI=1S/C13H16BrClN2S2/c1-6-7(2)19-9(5-18-6)13-16-11(8-3-4-8)10(14)12(15)17-13/h6-9H,3-5H2,1-2H3. The van der Waals surface area contributed by atoms with Gasteiger partial charge in [0.15, 0.2) is 0 Å². The molecule has 1 aliphatic heterocycles. The van der Waals surface area contributed by atoms with Gasteiger partial charge in [-0.05, 0) is 28.8 Å². The molecule has 1 saturated heterocycles. The van der Waals surface area contributed by atoms with Crippen LogP contribution in [0.15, 0.2) is 4.47 Å². The molecule has 2 nitrogen and oxygen atoms in total. The van der Waals surface area contributed by atoms with Crippen molar-refractivity contribution in [1.29, 1.82) is 0 Å². The third kappa shape index (κ3) is 3.09. The van der Waals surface area contributed by atoms with E-state index >= 15 is 0 Å². The van der Waals surface area contributed by atoms with Gasteiger partial charge < -0.3 is 0 Å². The smallest absolute Gasteiger partial charge is 0.147 e. The molecule has 3 atom stereocenters. The van der Waals surface area contributed by atoms with E-state index in [1.165, 1.54) is 12.8 Å². The van der Waals surface area contributed by atoms with Crippen LogP contribution in [0.4, 0.5) is 0 Å². The minimum Gasteiger partial charge on any atom is -0.235 e. The largest absolute Gasteiger partial charge is 0.235 e. The van der Waals surface area contributed by atoms with E-state index in [2.05, 4.69) is 34.8 Å². The summed E-state index contributed by atoms with van der Waals surface area (Å²) in [5, 5.41) is 2.29. The molecule has 104 valence electrons. The lowest BCUT2D eigenvalue weighted by atomic mass is 10.3. The second-order valence-corrected chi connectivity index (χ2v) is 9.36. The van der Waals surface area contributed by atoms with E-state index in [0.717, 1.165) is 21.7 Å². The maximum absolute atomic E-state index is 6.26. The zero-order valence-corrected chi connectivity index (χ0v) is 14.9. The van der Waals surface area contributed by atoms with Crippen molar-refractivity contribution in [3.05, 3.63) is 21.1 Å². The Morgan fingerprint density at radius 2 is 1.95 bits per heavy atom. The fourth-order valence-electron chi connectivity index (χ4n) is 2.14. The molecule has 0 spiro atoms. The quantitative estimate of drug-likeness (QED) is 0.670. The van der Waals surface area contributed by atoms with Gasteiger partial charge in [0, 0.05) is 22.2 Å². The lowest BCUT2D eigenvalue weighted by Crippen LogP contribution is -2.23. The van der Waals surface area contributed by atoms with Crippen molar-refractivity contribution in [3.63, 3.8) is 0 Å². The minimum absolute atomic E-state index is 0.374. The summed E-state index contributed by atoms with van der Waals surface area (Å²) in [5.74, 6) is 2.59. The van der Waals surface area contributed by atoms with Crippen LogP contribution < -0.4 is 0 Å². The van der Waals surface area contributed by atoms with Gasteiger partial charge in [-0.25, -0.2) is 9.97 Å². The number of nitrogens with zero attached hydrogens (tertiary/aromatic N) is 2. The van der Waals surface area contributed by atoms with Gasteiger partial charge in [-0.15, -0.1) is 11.8 Å². The van der Waals surface area contributed by atoms with Gasteiger partial charge in [0.05, 0.1) is 15.4 Å². The monoisotopic (exact) mass is 378 g/mol. The van der Waals surface area contributed by atoms with E-state index < -0.39 is 0 Å². The first-order chi connectivity index (χ1) is 9.06. The Bertz CT molecular complexity index is 496. The Morgan fingerprint density at radius 1 is 1.21 bits per heavy atom. The Labute approximate surface area is 136 Å². The highest BCUT2D eigenvalue weighted by Crippen LogP contribution is 2.47. The number of halogens is 2. The fraction of sp³-hybridized carbons (Fsp3) is 0.692. The Balaban J connectivity index is 1.88. The van der Waals surface area contributed by atoms with Crippen LogP contribution in [-0.4, -0.2) is 26.2 Å². The molecule has 0 N–H and O–H groups in total. The van der Waals surface area contributed by atoms with Gasteiger partial charge in [0.2, 0.25) is 0 Å². The van der Waals surface area contributed by atoms with Crippen LogP contribution in [-0.2, 0) is 0 Å². The Hall–Kier alpha value is 0.550. The highest BCUT2D eigenvalue weighted by Gasteiger charge is 2.33. The van der Waals surface area contributed by atoms with Gasteiger partial charge in [-0.1, -0.05) is 25.4 Å². The average Bonchev–Trinajstić information content (AvgIpc) is 3.20. The molecule has 6 heteroatoms. The van der Waals surface area contributed by atoms with E-state index in [9.17, 15) is 0 Å². The van der Waals surface area contributed by atoms with E-state index in [1.807, 2.05) is 23.5 Å². The third-order valence-corrected chi connectivity index (χ3v) is 8.33. The molecule has 1 saturated carbocycles. The molecule has 3 rings (SSSR count). The molecule has 2 aliphatic rings. The summed E-state index contributed by atoms with van der Waals surface area (Å²) in [7, 11) is 0. The van der Waals surface area contributed by atoms with E-state index in [1.54, 1.807) is 0 Å². The molecule has 0 amide bonds. The van der Waals surface area contributed by atoms with Crippen LogP contribution in [0.3, 0.4) is 0 Å². The van der Waals surface area contributed by atoms with Crippen molar-refractivity contribution in [3.8, 4) is 0 Å². The average molecular weight is 380 g/mol. The van der Waals surface area contributed by atoms with Crippen molar-refractivity contribution < 1.29 is 0 Å². The molecule has 0 bridgehead atoms. The number of rotatable bonds is 2. The fourth-order valence-corrected chi connectivity index (χ4v) is 5.67. The van der Waals surface area contributed by atoms with Crippen LogP contribution in [0.25, 0.3) is 0 Å². The van der Waals surface area contributed by atoms with Gasteiger partial charge in [0.25, 0.3) is 0 Å². The van der Waals surface area contributed by atoms with Crippen LogP contribution in [0, 0.1) is 0 Å². The Morgan fingerprint density at radius 3 is 2.58 bits per heavy atom. The van der Waals surface area contributed by atoms with Gasteiger partial charge >= 0.3 is 0 Å². The maximum atomic E-state index is 6.26. The first kappa shape index (κ1) is 14.5. The zero-order chi connectivity index (χ0) is 13.6. The minimum atomic E-state index is 0.374. The van der Waals surface area contributed by atoms with Crippen molar-refractivity contribution in [2.24, 2.45) is 0 Å². The number of aromatic nitrogens is 2. The normalized spacial score (nSPS) is 31.5. The molecule has 1 aromatic heterocycles. The van der Waals surface area contributed by atoms with E-state index in [4.69, 9.17) is 16.6 Å². The summed E-state index contributed by atoms with van der Waals surface area (Å²) in [4.78, 5) is 9.30. The number of hydrogen-bond acceptors (Lipinski definition) is 4. The maximum Gasteiger partial charge on any atom is 0.147 e. The molecule has 1 aromatic rings. The molecule has 2 fully saturated rings. The zero-order valence-electron chi connectivity index (χ0n) is 10.9. The summed E-state index contributed by atoms with van der Waals surface area (Å²) in [6.07, 6.45) is 2.46. The molecule has 19 heavy (non-hydrogen) atoms. The summed E-state index contributed by atoms with van der Waals surface area (Å²) in [6, 6.07) is 0. The first-order valence-electron chi connectivity index (χ1n) is 6.56. The van der Waals surface area contributed by atoms with Crippen LogP contribution in [0.5, 0.6) is 0 Å². The lowest BCUT2D eigenvalue weighted by molar-refractivity contribution is 0.835. The summed E-state index contributed by atoms with van der Waals surface area (Å²) in [6.45, 7) is 4.58. The van der Waals surface area contributed by atoms with Crippen LogP contribution in [0.2, 0.25) is 5.15 Å². The molecule has 3 unspecified atom stereocenters. The first-order valence-corrected chi connectivity index (χ1v) is 9.72. The molecule has 1 aliphatic carbocycles. The molecule has 0 aromatic carbocycles. The predicted molar refractivity (Wildman–Crippen MR) is 88.4 cm³/mol. The molecular formula is C13H16BrClN2S2.